The summed E-state index contributed by atoms with van der Waals surface area (Å²) in [5, 5.41) is 9.09. The Kier molecular flexibility index (Phi) is 5.05. The Morgan fingerprint density at radius 2 is 2.04 bits per heavy atom. The number of ether oxygens (including phenoxy) is 1. The molecule has 0 aliphatic carbocycles. The number of aromatic nitrogens is 1. The van der Waals surface area contributed by atoms with Crippen LogP contribution in [-0.4, -0.2) is 72.3 Å². The zero-order valence-electron chi connectivity index (χ0n) is 15.9. The molecule has 1 saturated heterocycles. The van der Waals surface area contributed by atoms with Gasteiger partial charge in [0.1, 0.15) is 11.9 Å². The third-order valence-corrected chi connectivity index (χ3v) is 7.22. The van der Waals surface area contributed by atoms with Crippen LogP contribution in [0, 0.1) is 5.92 Å². The topological polar surface area (TPSA) is 100 Å². The van der Waals surface area contributed by atoms with Crippen molar-refractivity contribution < 1.29 is 23.1 Å². The maximum Gasteiger partial charge on any atom is 0.407 e. The third-order valence-electron chi connectivity index (χ3n) is 5.95. The van der Waals surface area contributed by atoms with Gasteiger partial charge < -0.3 is 14.7 Å². The predicted molar refractivity (Wildman–Crippen MR) is 104 cm³/mol. The summed E-state index contributed by atoms with van der Waals surface area (Å²) in [5.74, 6) is 1.16. The quantitative estimate of drug-likeness (QED) is 0.820. The fourth-order valence-corrected chi connectivity index (χ4v) is 5.03. The summed E-state index contributed by atoms with van der Waals surface area (Å²) in [4.78, 5) is 17.1. The summed E-state index contributed by atoms with van der Waals surface area (Å²) in [7, 11) is -3.16. The van der Waals surface area contributed by atoms with E-state index in [9.17, 15) is 13.2 Å². The minimum Gasteiger partial charge on any atom is -0.488 e. The van der Waals surface area contributed by atoms with Crippen molar-refractivity contribution in [2.24, 2.45) is 5.92 Å². The van der Waals surface area contributed by atoms with E-state index in [-0.39, 0.29) is 6.10 Å². The first-order chi connectivity index (χ1) is 13.3. The summed E-state index contributed by atoms with van der Waals surface area (Å²) in [6.07, 6.45) is 7.26. The minimum absolute atomic E-state index is 0.0732. The number of fused-ring (bicyclic) bond motifs is 1. The predicted octanol–water partition coefficient (Wildman–Crippen LogP) is 1.82. The van der Waals surface area contributed by atoms with Gasteiger partial charge >= 0.3 is 6.09 Å². The first kappa shape index (κ1) is 19.2. The number of carboxylic acid groups (broad SMARTS) is 1. The minimum atomic E-state index is -3.16. The fourth-order valence-electron chi connectivity index (χ4n) is 4.26. The monoisotopic (exact) mass is 407 g/mol. The lowest BCUT2D eigenvalue weighted by atomic mass is 9.89. The van der Waals surface area contributed by atoms with Gasteiger partial charge in [0, 0.05) is 38.2 Å². The molecule has 1 amide bonds. The van der Waals surface area contributed by atoms with Crippen LogP contribution in [0.3, 0.4) is 0 Å². The van der Waals surface area contributed by atoms with Crippen LogP contribution in [0.2, 0.25) is 0 Å². The van der Waals surface area contributed by atoms with E-state index >= 15 is 0 Å². The molecule has 8 nitrogen and oxygen atoms in total. The standard InChI is InChI=1S/C19H25N3O5S/c1-28(25,26)22-8-4-13(5-9-22)16-10-15-11-17(27-18(15)12-20-16)14-2-6-21(7-3-14)19(23)24/h4,10,12,14,17H,2-3,5-9,11H2,1H3,(H,23,24). The first-order valence-electron chi connectivity index (χ1n) is 9.59. The van der Waals surface area contributed by atoms with Crippen molar-refractivity contribution >= 4 is 21.7 Å². The highest BCUT2D eigenvalue weighted by Gasteiger charge is 2.34. The number of hydrogen-bond donors (Lipinski definition) is 1. The van der Waals surface area contributed by atoms with Crippen molar-refractivity contribution in [2.75, 3.05) is 32.4 Å². The van der Waals surface area contributed by atoms with Gasteiger partial charge in [-0.1, -0.05) is 6.08 Å². The SMILES string of the molecule is CS(=O)(=O)N1CC=C(c2cc3c(cn2)OC(C2CCN(C(=O)O)CC2)C3)CC1. The highest BCUT2D eigenvalue weighted by molar-refractivity contribution is 7.88. The molecule has 3 aliphatic heterocycles. The molecule has 0 spiro atoms. The van der Waals surface area contributed by atoms with Crippen LogP contribution in [0.5, 0.6) is 5.75 Å². The molecule has 1 atom stereocenters. The Hall–Kier alpha value is -2.13. The van der Waals surface area contributed by atoms with Crippen LogP contribution in [0.1, 0.15) is 30.5 Å². The molecule has 3 aliphatic rings. The Bertz CT molecular complexity index is 906. The van der Waals surface area contributed by atoms with E-state index < -0.39 is 16.1 Å². The highest BCUT2D eigenvalue weighted by atomic mass is 32.2. The molecule has 1 aromatic rings. The summed E-state index contributed by atoms with van der Waals surface area (Å²) in [6, 6.07) is 2.06. The number of likely N-dealkylation sites (tertiary alicyclic amines) is 1. The van der Waals surface area contributed by atoms with Gasteiger partial charge in [-0.05, 0) is 36.8 Å². The average molecular weight is 407 g/mol. The smallest absolute Gasteiger partial charge is 0.407 e. The van der Waals surface area contributed by atoms with Crippen molar-refractivity contribution in [1.82, 2.24) is 14.2 Å². The Morgan fingerprint density at radius 3 is 2.64 bits per heavy atom. The second-order valence-corrected chi connectivity index (χ2v) is 9.73. The summed E-state index contributed by atoms with van der Waals surface area (Å²) in [5.41, 5.74) is 3.08. The molecule has 1 fully saturated rings. The van der Waals surface area contributed by atoms with Gasteiger partial charge in [0.15, 0.2) is 0 Å². The molecule has 28 heavy (non-hydrogen) atoms. The molecule has 1 unspecified atom stereocenters. The van der Waals surface area contributed by atoms with Crippen LogP contribution in [0.15, 0.2) is 18.3 Å². The van der Waals surface area contributed by atoms with Gasteiger partial charge in [0.05, 0.1) is 18.1 Å². The molecule has 4 heterocycles. The molecule has 0 bridgehead atoms. The molecular weight excluding hydrogens is 382 g/mol. The molecule has 1 aromatic heterocycles. The van der Waals surface area contributed by atoms with Crippen LogP contribution >= 0.6 is 0 Å². The number of nitrogens with zero attached hydrogens (tertiary/aromatic N) is 3. The molecule has 152 valence electrons. The average Bonchev–Trinajstić information content (AvgIpc) is 3.11. The molecule has 0 aromatic carbocycles. The Balaban J connectivity index is 1.41. The number of carbonyl (C=O) groups is 1. The lowest BCUT2D eigenvalue weighted by molar-refractivity contribution is 0.0834. The zero-order chi connectivity index (χ0) is 19.9. The zero-order valence-corrected chi connectivity index (χ0v) is 16.7. The lowest BCUT2D eigenvalue weighted by Gasteiger charge is -2.32. The number of hydrogen-bond acceptors (Lipinski definition) is 5. The molecule has 0 radical (unpaired) electrons. The van der Waals surface area contributed by atoms with Gasteiger partial charge in [-0.25, -0.2) is 13.2 Å². The van der Waals surface area contributed by atoms with Gasteiger partial charge in [0.2, 0.25) is 10.0 Å². The van der Waals surface area contributed by atoms with E-state index in [2.05, 4.69) is 11.1 Å². The molecular formula is C19H25N3O5S. The molecule has 0 saturated carbocycles. The maximum absolute atomic E-state index is 11.7. The van der Waals surface area contributed by atoms with E-state index in [1.807, 2.05) is 6.08 Å². The second-order valence-electron chi connectivity index (χ2n) is 7.75. The van der Waals surface area contributed by atoms with E-state index in [1.54, 1.807) is 6.20 Å². The largest absolute Gasteiger partial charge is 0.488 e. The fraction of sp³-hybridized carbons (Fsp3) is 0.579. The second kappa shape index (κ2) is 7.36. The highest BCUT2D eigenvalue weighted by Crippen LogP contribution is 2.36. The van der Waals surface area contributed by atoms with Crippen molar-refractivity contribution in [3.63, 3.8) is 0 Å². The van der Waals surface area contributed by atoms with Crippen LogP contribution < -0.4 is 4.74 Å². The van der Waals surface area contributed by atoms with Gasteiger partial charge in [-0.15, -0.1) is 0 Å². The van der Waals surface area contributed by atoms with Crippen LogP contribution in [0.25, 0.3) is 5.57 Å². The number of rotatable bonds is 3. The van der Waals surface area contributed by atoms with Gasteiger partial charge in [0.25, 0.3) is 0 Å². The van der Waals surface area contributed by atoms with E-state index in [0.717, 1.165) is 41.8 Å². The van der Waals surface area contributed by atoms with E-state index in [1.165, 1.54) is 15.5 Å². The van der Waals surface area contributed by atoms with E-state index in [0.29, 0.717) is 38.5 Å². The Labute approximate surface area is 164 Å². The number of pyridine rings is 1. The summed E-state index contributed by atoms with van der Waals surface area (Å²) >= 11 is 0. The van der Waals surface area contributed by atoms with Gasteiger partial charge in [-0.2, -0.15) is 4.31 Å². The van der Waals surface area contributed by atoms with Gasteiger partial charge in [-0.3, -0.25) is 4.98 Å². The lowest BCUT2D eigenvalue weighted by Crippen LogP contribution is -2.41. The van der Waals surface area contributed by atoms with Crippen molar-refractivity contribution in [2.45, 2.75) is 31.8 Å². The first-order valence-corrected chi connectivity index (χ1v) is 11.4. The van der Waals surface area contributed by atoms with E-state index in [4.69, 9.17) is 9.84 Å². The van der Waals surface area contributed by atoms with Crippen molar-refractivity contribution in [3.8, 4) is 5.75 Å². The Morgan fingerprint density at radius 1 is 1.29 bits per heavy atom. The number of piperidine rings is 1. The number of sulfonamides is 1. The normalized spacial score (nSPS) is 23.8. The molecule has 1 N–H and O–H groups in total. The van der Waals surface area contributed by atoms with Crippen LogP contribution in [-0.2, 0) is 16.4 Å². The maximum atomic E-state index is 11.7. The molecule has 4 rings (SSSR count). The van der Waals surface area contributed by atoms with Crippen molar-refractivity contribution in [3.05, 3.63) is 29.6 Å². The van der Waals surface area contributed by atoms with Crippen LogP contribution in [0.4, 0.5) is 4.79 Å². The van der Waals surface area contributed by atoms with Crippen molar-refractivity contribution in [1.29, 1.82) is 0 Å². The summed E-state index contributed by atoms with van der Waals surface area (Å²) in [6.45, 7) is 1.98. The third kappa shape index (κ3) is 3.86. The summed E-state index contributed by atoms with van der Waals surface area (Å²) < 4.78 is 30.9. The number of amides is 1. The molecule has 9 heteroatoms.